The van der Waals surface area contributed by atoms with Crippen molar-refractivity contribution in [2.24, 2.45) is 5.73 Å². The molecule has 0 amide bonds. The molecule has 0 saturated carbocycles. The van der Waals surface area contributed by atoms with Crippen LogP contribution in [0.15, 0.2) is 48.7 Å². The molecule has 0 bridgehead atoms. The van der Waals surface area contributed by atoms with Crippen LogP contribution in [0.25, 0.3) is 0 Å². The first-order valence-corrected chi connectivity index (χ1v) is 7.15. The largest absolute Gasteiger partial charge is 0.355 e. The van der Waals surface area contributed by atoms with Gasteiger partial charge in [0.25, 0.3) is 0 Å². The van der Waals surface area contributed by atoms with E-state index in [2.05, 4.69) is 54.2 Å². The van der Waals surface area contributed by atoms with E-state index in [-0.39, 0.29) is 6.04 Å². The minimum Gasteiger partial charge on any atom is -0.355 e. The summed E-state index contributed by atoms with van der Waals surface area (Å²) in [5.74, 6) is 1.03. The Hall–Kier alpha value is -1.87. The van der Waals surface area contributed by atoms with Crippen LogP contribution in [0.3, 0.4) is 0 Å². The monoisotopic (exact) mass is 269 g/mol. The third kappa shape index (κ3) is 3.81. The highest BCUT2D eigenvalue weighted by Crippen LogP contribution is 2.19. The minimum absolute atomic E-state index is 0.197. The van der Waals surface area contributed by atoms with Gasteiger partial charge in [-0.3, -0.25) is 0 Å². The average Bonchev–Trinajstić information content (AvgIpc) is 2.48. The molecule has 0 aliphatic rings. The molecule has 1 aromatic carbocycles. The average molecular weight is 269 g/mol. The van der Waals surface area contributed by atoms with Gasteiger partial charge in [-0.05, 0) is 30.0 Å². The highest BCUT2D eigenvalue weighted by atomic mass is 15.2. The normalized spacial score (nSPS) is 12.2. The summed E-state index contributed by atoms with van der Waals surface area (Å²) in [5, 5.41) is 0. The van der Waals surface area contributed by atoms with E-state index >= 15 is 0 Å². The molecule has 20 heavy (non-hydrogen) atoms. The molecule has 1 heterocycles. The molecule has 106 valence electrons. The van der Waals surface area contributed by atoms with E-state index in [1.54, 1.807) is 0 Å². The van der Waals surface area contributed by atoms with Crippen LogP contribution in [0.4, 0.5) is 5.82 Å². The number of aromatic nitrogens is 1. The summed E-state index contributed by atoms with van der Waals surface area (Å²) in [6.07, 6.45) is 3.70. The maximum absolute atomic E-state index is 6.08. The van der Waals surface area contributed by atoms with Crippen LogP contribution in [0, 0.1) is 0 Å². The predicted molar refractivity (Wildman–Crippen MR) is 84.8 cm³/mol. The Morgan fingerprint density at radius 2 is 1.90 bits per heavy atom. The van der Waals surface area contributed by atoms with Crippen molar-refractivity contribution in [1.82, 2.24) is 4.98 Å². The third-order valence-electron chi connectivity index (χ3n) is 3.50. The molecule has 0 aliphatic heterocycles. The molecule has 0 spiro atoms. The lowest BCUT2D eigenvalue weighted by atomic mass is 10.0. The van der Waals surface area contributed by atoms with Crippen LogP contribution in [0.1, 0.15) is 24.5 Å². The molecule has 3 heteroatoms. The van der Waals surface area contributed by atoms with E-state index in [1.165, 1.54) is 11.1 Å². The van der Waals surface area contributed by atoms with Crippen molar-refractivity contribution < 1.29 is 0 Å². The lowest BCUT2D eigenvalue weighted by molar-refractivity contribution is 0.643. The first-order chi connectivity index (χ1) is 9.70. The molecule has 1 unspecified atom stereocenters. The van der Waals surface area contributed by atoms with Gasteiger partial charge in [0, 0.05) is 25.8 Å². The quantitative estimate of drug-likeness (QED) is 0.876. The summed E-state index contributed by atoms with van der Waals surface area (Å²) in [6, 6.07) is 14.7. The number of rotatable bonds is 6. The van der Waals surface area contributed by atoms with Crippen LogP contribution in [0.5, 0.6) is 0 Å². The second-order valence-electron chi connectivity index (χ2n) is 5.20. The van der Waals surface area contributed by atoms with E-state index in [0.717, 1.165) is 25.2 Å². The van der Waals surface area contributed by atoms with E-state index in [4.69, 9.17) is 5.73 Å². The van der Waals surface area contributed by atoms with Crippen LogP contribution in [-0.4, -0.2) is 18.1 Å². The Balaban J connectivity index is 2.15. The van der Waals surface area contributed by atoms with Gasteiger partial charge in [-0.15, -0.1) is 0 Å². The fourth-order valence-corrected chi connectivity index (χ4v) is 2.29. The van der Waals surface area contributed by atoms with Gasteiger partial charge >= 0.3 is 0 Å². The second kappa shape index (κ2) is 7.06. The van der Waals surface area contributed by atoms with Crippen molar-refractivity contribution in [3.8, 4) is 0 Å². The van der Waals surface area contributed by atoms with Crippen molar-refractivity contribution in [1.29, 1.82) is 0 Å². The third-order valence-corrected chi connectivity index (χ3v) is 3.50. The van der Waals surface area contributed by atoms with E-state index in [1.807, 2.05) is 18.3 Å². The number of hydrogen-bond acceptors (Lipinski definition) is 3. The van der Waals surface area contributed by atoms with Gasteiger partial charge < -0.3 is 10.6 Å². The van der Waals surface area contributed by atoms with Crippen LogP contribution >= 0.6 is 0 Å². The standard InChI is InChI=1S/C17H23N3/c1-3-16(18)12-15-10-7-11-19-17(15)20(2)13-14-8-5-4-6-9-14/h4-11,16H,3,12-13,18H2,1-2H3. The van der Waals surface area contributed by atoms with Crippen molar-refractivity contribution >= 4 is 5.82 Å². The molecule has 0 radical (unpaired) electrons. The molecule has 1 aromatic heterocycles. The topological polar surface area (TPSA) is 42.1 Å². The summed E-state index contributed by atoms with van der Waals surface area (Å²) in [4.78, 5) is 6.72. The molecule has 2 aromatic rings. The first-order valence-electron chi connectivity index (χ1n) is 7.15. The molecular weight excluding hydrogens is 246 g/mol. The van der Waals surface area contributed by atoms with Crippen LogP contribution in [-0.2, 0) is 13.0 Å². The van der Waals surface area contributed by atoms with Gasteiger partial charge in [0.15, 0.2) is 0 Å². The Kier molecular flexibility index (Phi) is 5.13. The smallest absolute Gasteiger partial charge is 0.131 e. The molecule has 2 N–H and O–H groups in total. The summed E-state index contributed by atoms with van der Waals surface area (Å²) >= 11 is 0. The molecule has 0 saturated heterocycles. The number of hydrogen-bond donors (Lipinski definition) is 1. The van der Waals surface area contributed by atoms with Crippen molar-refractivity contribution in [2.45, 2.75) is 32.4 Å². The van der Waals surface area contributed by atoms with E-state index < -0.39 is 0 Å². The molecule has 1 atom stereocenters. The Labute approximate surface area is 121 Å². The predicted octanol–water partition coefficient (Wildman–Crippen LogP) is 3.00. The zero-order valence-electron chi connectivity index (χ0n) is 12.3. The maximum atomic E-state index is 6.08. The summed E-state index contributed by atoms with van der Waals surface area (Å²) < 4.78 is 0. The van der Waals surface area contributed by atoms with Crippen molar-refractivity contribution in [3.05, 3.63) is 59.8 Å². The first kappa shape index (κ1) is 14.5. The Morgan fingerprint density at radius 3 is 2.60 bits per heavy atom. The minimum atomic E-state index is 0.197. The number of nitrogens with two attached hydrogens (primary N) is 1. The SMILES string of the molecule is CCC(N)Cc1cccnc1N(C)Cc1ccccc1. The summed E-state index contributed by atoms with van der Waals surface area (Å²) in [7, 11) is 2.08. The molecule has 0 fully saturated rings. The number of benzene rings is 1. The fraction of sp³-hybridized carbons (Fsp3) is 0.353. The maximum Gasteiger partial charge on any atom is 0.131 e. The van der Waals surface area contributed by atoms with Gasteiger partial charge in [0.2, 0.25) is 0 Å². The fourth-order valence-electron chi connectivity index (χ4n) is 2.29. The lowest BCUT2D eigenvalue weighted by Gasteiger charge is -2.22. The van der Waals surface area contributed by atoms with Gasteiger partial charge in [-0.2, -0.15) is 0 Å². The number of pyridine rings is 1. The van der Waals surface area contributed by atoms with Gasteiger partial charge in [-0.25, -0.2) is 4.98 Å². The van der Waals surface area contributed by atoms with Gasteiger partial charge in [0.05, 0.1) is 0 Å². The van der Waals surface area contributed by atoms with Gasteiger partial charge in [0.1, 0.15) is 5.82 Å². The number of anilines is 1. The molecule has 3 nitrogen and oxygen atoms in total. The molecular formula is C17H23N3. The summed E-state index contributed by atoms with van der Waals surface area (Å²) in [6.45, 7) is 2.97. The molecule has 2 rings (SSSR count). The summed E-state index contributed by atoms with van der Waals surface area (Å²) in [5.41, 5.74) is 8.59. The van der Waals surface area contributed by atoms with Crippen molar-refractivity contribution in [3.63, 3.8) is 0 Å². The molecule has 0 aliphatic carbocycles. The number of nitrogens with zero attached hydrogens (tertiary/aromatic N) is 2. The van der Waals surface area contributed by atoms with Gasteiger partial charge in [-0.1, -0.05) is 43.3 Å². The Morgan fingerprint density at radius 1 is 1.15 bits per heavy atom. The van der Waals surface area contributed by atoms with Crippen molar-refractivity contribution in [2.75, 3.05) is 11.9 Å². The lowest BCUT2D eigenvalue weighted by Crippen LogP contribution is -2.25. The van der Waals surface area contributed by atoms with Crippen LogP contribution < -0.4 is 10.6 Å². The highest BCUT2D eigenvalue weighted by molar-refractivity contribution is 5.47. The van der Waals surface area contributed by atoms with E-state index in [9.17, 15) is 0 Å². The second-order valence-corrected chi connectivity index (χ2v) is 5.20. The zero-order chi connectivity index (χ0) is 14.4. The van der Waals surface area contributed by atoms with E-state index in [0.29, 0.717) is 0 Å². The van der Waals surface area contributed by atoms with Crippen LogP contribution in [0.2, 0.25) is 0 Å². The Bertz CT molecular complexity index is 525. The highest BCUT2D eigenvalue weighted by Gasteiger charge is 2.11. The zero-order valence-corrected chi connectivity index (χ0v) is 12.3.